The predicted octanol–water partition coefficient (Wildman–Crippen LogP) is 4.10. The van der Waals surface area contributed by atoms with Crippen LogP contribution in [0.4, 0.5) is 11.4 Å². The topological polar surface area (TPSA) is 67.5 Å². The molecular weight excluding hydrogens is 266 g/mol. The number of nitrogens with one attached hydrogen (secondary N) is 1. The molecule has 0 aromatic heterocycles. The molecule has 5 heteroatoms. The highest BCUT2D eigenvalue weighted by atomic mass is 16.6. The van der Waals surface area contributed by atoms with Gasteiger partial charge in [-0.15, -0.1) is 0 Å². The van der Waals surface area contributed by atoms with E-state index in [9.17, 15) is 10.1 Å². The van der Waals surface area contributed by atoms with Crippen LogP contribution in [0.2, 0.25) is 0 Å². The van der Waals surface area contributed by atoms with Crippen LogP contribution in [0.5, 0.6) is 0 Å². The molecule has 2 aromatic rings. The molecule has 0 unspecified atom stereocenters. The van der Waals surface area contributed by atoms with Gasteiger partial charge in [0.2, 0.25) is 0 Å². The number of rotatable bonds is 5. The lowest BCUT2D eigenvalue weighted by Crippen LogP contribution is -1.95. The molecular formula is C16H15N3O2. The van der Waals surface area contributed by atoms with Crippen LogP contribution < -0.4 is 5.43 Å². The largest absolute Gasteiger partial charge is 0.278 e. The van der Waals surface area contributed by atoms with E-state index in [1.54, 1.807) is 12.1 Å². The molecule has 0 heterocycles. The summed E-state index contributed by atoms with van der Waals surface area (Å²) in [5.41, 5.74) is 5.53. The Hall–Kier alpha value is -2.95. The number of non-ortho nitro benzene ring substituents is 1. The second-order valence-corrected chi connectivity index (χ2v) is 4.41. The van der Waals surface area contributed by atoms with Gasteiger partial charge in [0.25, 0.3) is 5.69 Å². The number of allylic oxidation sites excluding steroid dienone is 1. The Balaban J connectivity index is 1.97. The van der Waals surface area contributed by atoms with E-state index in [1.165, 1.54) is 12.1 Å². The van der Waals surface area contributed by atoms with Crippen LogP contribution in [-0.2, 0) is 0 Å². The number of nitro benzene ring substituents is 1. The molecule has 106 valence electrons. The third-order valence-electron chi connectivity index (χ3n) is 2.76. The number of nitrogens with zero attached hydrogens (tertiary/aromatic N) is 2. The van der Waals surface area contributed by atoms with Crippen molar-refractivity contribution in [1.29, 1.82) is 0 Å². The summed E-state index contributed by atoms with van der Waals surface area (Å²) in [4.78, 5) is 10.1. The van der Waals surface area contributed by atoms with Gasteiger partial charge in [0.15, 0.2) is 0 Å². The monoisotopic (exact) mass is 281 g/mol. The maximum absolute atomic E-state index is 10.5. The Labute approximate surface area is 122 Å². The Bertz CT molecular complexity index is 662. The highest BCUT2D eigenvalue weighted by Gasteiger charge is 2.02. The van der Waals surface area contributed by atoms with Crippen molar-refractivity contribution in [1.82, 2.24) is 0 Å². The number of nitro groups is 1. The zero-order chi connectivity index (χ0) is 15.1. The molecule has 0 amide bonds. The summed E-state index contributed by atoms with van der Waals surface area (Å²) < 4.78 is 0. The van der Waals surface area contributed by atoms with Crippen molar-refractivity contribution in [3.8, 4) is 0 Å². The SMILES string of the molecule is CC(/C=C/c1ccccc1)=N\Nc1ccc([N+](=O)[O-])cc1. The van der Waals surface area contributed by atoms with Crippen molar-refractivity contribution >= 4 is 23.2 Å². The molecule has 0 saturated heterocycles. The minimum Gasteiger partial charge on any atom is -0.278 e. The Morgan fingerprint density at radius 1 is 1.14 bits per heavy atom. The average molecular weight is 281 g/mol. The van der Waals surface area contributed by atoms with E-state index < -0.39 is 4.92 Å². The standard InChI is InChI=1S/C16H15N3O2/c1-13(7-8-14-5-3-2-4-6-14)17-18-15-9-11-16(12-10-15)19(20)21/h2-12,18H,1H3/b8-7+,17-13+. The number of hydrazone groups is 1. The van der Waals surface area contributed by atoms with Crippen molar-refractivity contribution in [2.75, 3.05) is 5.43 Å². The zero-order valence-electron chi connectivity index (χ0n) is 11.6. The van der Waals surface area contributed by atoms with Crippen molar-refractivity contribution in [2.45, 2.75) is 6.92 Å². The Kier molecular flexibility index (Phi) is 4.82. The highest BCUT2D eigenvalue weighted by Crippen LogP contribution is 2.15. The maximum atomic E-state index is 10.5. The summed E-state index contributed by atoms with van der Waals surface area (Å²) in [7, 11) is 0. The molecule has 5 nitrogen and oxygen atoms in total. The normalized spacial score (nSPS) is 11.6. The third-order valence-corrected chi connectivity index (χ3v) is 2.76. The van der Waals surface area contributed by atoms with Crippen LogP contribution in [0.15, 0.2) is 65.8 Å². The van der Waals surface area contributed by atoms with Crippen molar-refractivity contribution < 1.29 is 4.92 Å². The molecule has 0 aliphatic rings. The van der Waals surface area contributed by atoms with Gasteiger partial charge < -0.3 is 0 Å². The van der Waals surface area contributed by atoms with Gasteiger partial charge in [-0.3, -0.25) is 15.5 Å². The lowest BCUT2D eigenvalue weighted by Gasteiger charge is -2.00. The molecule has 2 rings (SSSR count). The molecule has 0 bridgehead atoms. The van der Waals surface area contributed by atoms with Gasteiger partial charge in [0.05, 0.1) is 16.3 Å². The van der Waals surface area contributed by atoms with Crippen LogP contribution in [-0.4, -0.2) is 10.6 Å². The molecule has 0 saturated carbocycles. The molecule has 1 N–H and O–H groups in total. The first-order chi connectivity index (χ1) is 10.1. The van der Waals surface area contributed by atoms with E-state index in [1.807, 2.05) is 49.4 Å². The molecule has 0 aliphatic heterocycles. The molecule has 0 radical (unpaired) electrons. The third kappa shape index (κ3) is 4.58. The molecule has 0 aliphatic carbocycles. The number of hydrogen-bond donors (Lipinski definition) is 1. The van der Waals surface area contributed by atoms with Crippen LogP contribution >= 0.6 is 0 Å². The smallest absolute Gasteiger partial charge is 0.269 e. The first-order valence-corrected chi connectivity index (χ1v) is 6.43. The summed E-state index contributed by atoms with van der Waals surface area (Å²) in [5, 5.41) is 14.7. The van der Waals surface area contributed by atoms with E-state index in [-0.39, 0.29) is 5.69 Å². The quantitative estimate of drug-likeness (QED) is 0.509. The predicted molar refractivity (Wildman–Crippen MR) is 85.3 cm³/mol. The molecule has 2 aromatic carbocycles. The van der Waals surface area contributed by atoms with Gasteiger partial charge in [-0.2, -0.15) is 5.10 Å². The number of anilines is 1. The number of benzene rings is 2. The van der Waals surface area contributed by atoms with Crippen LogP contribution in [0.25, 0.3) is 6.08 Å². The molecule has 0 spiro atoms. The van der Waals surface area contributed by atoms with Gasteiger partial charge in [0, 0.05) is 12.1 Å². The molecule has 0 atom stereocenters. The Morgan fingerprint density at radius 2 is 1.81 bits per heavy atom. The minimum absolute atomic E-state index is 0.0604. The van der Waals surface area contributed by atoms with E-state index in [2.05, 4.69) is 10.5 Å². The van der Waals surface area contributed by atoms with Crippen molar-refractivity contribution in [3.05, 3.63) is 76.4 Å². The summed E-state index contributed by atoms with van der Waals surface area (Å²) in [6.07, 6.45) is 3.87. The average Bonchev–Trinajstić information content (AvgIpc) is 2.52. The maximum Gasteiger partial charge on any atom is 0.269 e. The van der Waals surface area contributed by atoms with E-state index in [4.69, 9.17) is 0 Å². The fourth-order valence-electron chi connectivity index (χ4n) is 1.63. The molecule has 21 heavy (non-hydrogen) atoms. The second-order valence-electron chi connectivity index (χ2n) is 4.41. The lowest BCUT2D eigenvalue weighted by atomic mass is 10.2. The van der Waals surface area contributed by atoms with Crippen LogP contribution in [0, 0.1) is 10.1 Å². The van der Waals surface area contributed by atoms with E-state index in [0.29, 0.717) is 5.69 Å². The van der Waals surface area contributed by atoms with Gasteiger partial charge in [0.1, 0.15) is 0 Å². The van der Waals surface area contributed by atoms with Crippen molar-refractivity contribution in [2.24, 2.45) is 5.10 Å². The lowest BCUT2D eigenvalue weighted by molar-refractivity contribution is -0.384. The van der Waals surface area contributed by atoms with Crippen LogP contribution in [0.3, 0.4) is 0 Å². The van der Waals surface area contributed by atoms with Gasteiger partial charge in [-0.05, 0) is 30.7 Å². The zero-order valence-corrected chi connectivity index (χ0v) is 11.6. The Morgan fingerprint density at radius 3 is 2.43 bits per heavy atom. The van der Waals surface area contributed by atoms with Gasteiger partial charge >= 0.3 is 0 Å². The first kappa shape index (κ1) is 14.5. The fraction of sp³-hybridized carbons (Fsp3) is 0.0625. The minimum atomic E-state index is -0.430. The fourth-order valence-corrected chi connectivity index (χ4v) is 1.63. The summed E-state index contributed by atoms with van der Waals surface area (Å²) >= 11 is 0. The summed E-state index contributed by atoms with van der Waals surface area (Å²) in [6.45, 7) is 1.87. The van der Waals surface area contributed by atoms with E-state index in [0.717, 1.165) is 11.3 Å². The summed E-state index contributed by atoms with van der Waals surface area (Å²) in [5.74, 6) is 0. The highest BCUT2D eigenvalue weighted by molar-refractivity contribution is 5.96. The molecule has 0 fully saturated rings. The van der Waals surface area contributed by atoms with Crippen LogP contribution in [0.1, 0.15) is 12.5 Å². The summed E-state index contributed by atoms with van der Waals surface area (Å²) in [6, 6.07) is 16.0. The van der Waals surface area contributed by atoms with Gasteiger partial charge in [-0.1, -0.05) is 36.4 Å². The van der Waals surface area contributed by atoms with Gasteiger partial charge in [-0.25, -0.2) is 0 Å². The number of hydrogen-bond acceptors (Lipinski definition) is 4. The first-order valence-electron chi connectivity index (χ1n) is 6.43. The van der Waals surface area contributed by atoms with E-state index >= 15 is 0 Å². The van der Waals surface area contributed by atoms with Crippen molar-refractivity contribution in [3.63, 3.8) is 0 Å². The second kappa shape index (κ2) is 7.00.